The van der Waals surface area contributed by atoms with Crippen molar-refractivity contribution in [3.8, 4) is 11.5 Å². The molecular weight excluding hydrogens is 434 g/mol. The molecule has 1 aliphatic heterocycles. The summed E-state index contributed by atoms with van der Waals surface area (Å²) in [7, 11) is 5.95. The summed E-state index contributed by atoms with van der Waals surface area (Å²) >= 11 is 12.0. The van der Waals surface area contributed by atoms with Gasteiger partial charge in [0.25, 0.3) is 0 Å². The zero-order valence-electron chi connectivity index (χ0n) is 17.3. The Morgan fingerprint density at radius 1 is 1.19 bits per heavy atom. The molecule has 2 radical (unpaired) electrons. The van der Waals surface area contributed by atoms with Crippen LogP contribution < -0.4 is 10.5 Å². The molecule has 3 atom stereocenters. The molecule has 3 unspecified atom stereocenters. The molecule has 2 aromatic carbocycles. The van der Waals surface area contributed by atoms with Crippen molar-refractivity contribution < 1.29 is 14.6 Å². The molecule has 31 heavy (non-hydrogen) atoms. The number of halogens is 2. The minimum absolute atomic E-state index is 0.0561. The van der Waals surface area contributed by atoms with E-state index in [4.69, 9.17) is 46.6 Å². The zero-order chi connectivity index (χ0) is 22.4. The summed E-state index contributed by atoms with van der Waals surface area (Å²) in [5.74, 6) is 0.885. The number of piperidine rings is 1. The number of nitrogens with two attached hydrogens (primary N) is 1. The Bertz CT molecular complexity index is 882. The van der Waals surface area contributed by atoms with Crippen molar-refractivity contribution >= 4 is 37.0 Å². The number of aliphatic carboxylic acids is 1. The van der Waals surface area contributed by atoms with Gasteiger partial charge in [0, 0.05) is 31.6 Å². The van der Waals surface area contributed by atoms with E-state index in [0.29, 0.717) is 28.5 Å². The summed E-state index contributed by atoms with van der Waals surface area (Å²) in [6.07, 6.45) is 2.04. The lowest BCUT2D eigenvalue weighted by atomic mass is 9.73. The third kappa shape index (κ3) is 6.88. The first-order valence-electron chi connectivity index (χ1n) is 10.5. The molecule has 2 aromatic rings. The molecule has 1 saturated heterocycles. The van der Waals surface area contributed by atoms with Crippen molar-refractivity contribution in [2.24, 2.45) is 17.6 Å². The second kappa shape index (κ2) is 11.2. The third-order valence-corrected chi connectivity index (χ3v) is 6.63. The minimum atomic E-state index is -0.789. The Balaban J connectivity index is 1.58. The van der Waals surface area contributed by atoms with Crippen LogP contribution in [0.2, 0.25) is 16.4 Å². The Morgan fingerprint density at radius 3 is 2.55 bits per heavy atom. The molecule has 0 bridgehead atoms. The number of benzene rings is 2. The predicted molar refractivity (Wildman–Crippen MR) is 125 cm³/mol. The molecule has 1 fully saturated rings. The van der Waals surface area contributed by atoms with Crippen LogP contribution in [-0.4, -0.2) is 43.0 Å². The lowest BCUT2D eigenvalue weighted by molar-refractivity contribution is -0.137. The van der Waals surface area contributed by atoms with E-state index in [-0.39, 0.29) is 24.3 Å². The molecule has 0 saturated carbocycles. The van der Waals surface area contributed by atoms with Crippen LogP contribution in [-0.2, 0) is 11.3 Å². The standard InChI is InChI=1S/C23H27BCl2N2O3/c24-12-16(3-8-23(29)30)19-14-28(10-9-22(19)27)13-15-1-4-17(5-2-15)31-18-6-7-20(25)21(26)11-18/h1-2,4-7,11,16,19,22H,3,8-10,12-14,27H2,(H,29,30). The van der Waals surface area contributed by atoms with Gasteiger partial charge in [-0.25, -0.2) is 0 Å². The van der Waals surface area contributed by atoms with Crippen molar-refractivity contribution in [1.82, 2.24) is 4.90 Å². The summed E-state index contributed by atoms with van der Waals surface area (Å²) in [4.78, 5) is 13.3. The van der Waals surface area contributed by atoms with Gasteiger partial charge in [-0.15, -0.1) is 0 Å². The summed E-state index contributed by atoms with van der Waals surface area (Å²) in [6, 6.07) is 13.2. The van der Waals surface area contributed by atoms with E-state index >= 15 is 0 Å². The number of nitrogens with zero attached hydrogens (tertiary/aromatic N) is 1. The van der Waals surface area contributed by atoms with Gasteiger partial charge in [0.05, 0.1) is 17.9 Å². The Morgan fingerprint density at radius 2 is 1.90 bits per heavy atom. The molecule has 1 aliphatic rings. The van der Waals surface area contributed by atoms with Crippen LogP contribution in [0.25, 0.3) is 0 Å². The number of rotatable bonds is 9. The van der Waals surface area contributed by atoms with Gasteiger partial charge in [-0.2, -0.15) is 0 Å². The van der Waals surface area contributed by atoms with Gasteiger partial charge in [0.2, 0.25) is 0 Å². The number of hydrogen-bond donors (Lipinski definition) is 2. The van der Waals surface area contributed by atoms with Gasteiger partial charge in [-0.05, 0) is 61.1 Å². The molecule has 5 nitrogen and oxygen atoms in total. The number of carbonyl (C=O) groups is 1. The van der Waals surface area contributed by atoms with E-state index in [1.165, 1.54) is 5.56 Å². The number of carboxylic acids is 1. The summed E-state index contributed by atoms with van der Waals surface area (Å²) < 4.78 is 5.85. The average Bonchev–Trinajstić information content (AvgIpc) is 2.74. The maximum Gasteiger partial charge on any atom is 0.303 e. The van der Waals surface area contributed by atoms with Crippen molar-refractivity contribution in [2.45, 2.75) is 38.2 Å². The maximum atomic E-state index is 11.0. The first kappa shape index (κ1) is 23.9. The van der Waals surface area contributed by atoms with Crippen molar-refractivity contribution in [2.75, 3.05) is 13.1 Å². The molecule has 1 heterocycles. The highest BCUT2D eigenvalue weighted by Crippen LogP contribution is 2.31. The molecule has 3 N–H and O–H groups in total. The van der Waals surface area contributed by atoms with Gasteiger partial charge in [0.1, 0.15) is 11.5 Å². The van der Waals surface area contributed by atoms with E-state index < -0.39 is 5.97 Å². The van der Waals surface area contributed by atoms with Gasteiger partial charge in [-0.1, -0.05) is 41.7 Å². The summed E-state index contributed by atoms with van der Waals surface area (Å²) in [5.41, 5.74) is 7.54. The van der Waals surface area contributed by atoms with Gasteiger partial charge in [-0.3, -0.25) is 9.69 Å². The van der Waals surface area contributed by atoms with E-state index in [0.717, 1.165) is 31.8 Å². The van der Waals surface area contributed by atoms with E-state index in [1.54, 1.807) is 18.2 Å². The van der Waals surface area contributed by atoms with E-state index in [9.17, 15) is 4.79 Å². The predicted octanol–water partition coefficient (Wildman–Crippen LogP) is 5.00. The van der Waals surface area contributed by atoms with Crippen LogP contribution in [0, 0.1) is 11.8 Å². The van der Waals surface area contributed by atoms with Crippen molar-refractivity contribution in [1.29, 1.82) is 0 Å². The van der Waals surface area contributed by atoms with E-state index in [1.807, 2.05) is 24.3 Å². The Labute approximate surface area is 194 Å². The maximum absolute atomic E-state index is 11.0. The highest BCUT2D eigenvalue weighted by atomic mass is 35.5. The number of carboxylic acid groups (broad SMARTS) is 1. The van der Waals surface area contributed by atoms with Gasteiger partial charge in [0.15, 0.2) is 0 Å². The monoisotopic (exact) mass is 460 g/mol. The number of ether oxygens (including phenoxy) is 1. The number of hydrogen-bond acceptors (Lipinski definition) is 4. The topological polar surface area (TPSA) is 75.8 Å². The fraction of sp³-hybridized carbons (Fsp3) is 0.435. The highest BCUT2D eigenvalue weighted by Gasteiger charge is 2.32. The molecule has 0 spiro atoms. The lowest BCUT2D eigenvalue weighted by Gasteiger charge is -2.41. The first-order chi connectivity index (χ1) is 14.9. The molecule has 164 valence electrons. The average molecular weight is 461 g/mol. The molecule has 0 aliphatic carbocycles. The van der Waals surface area contributed by atoms with Crippen LogP contribution in [0.3, 0.4) is 0 Å². The molecule has 3 rings (SSSR count). The van der Waals surface area contributed by atoms with Crippen LogP contribution in [0.4, 0.5) is 0 Å². The Kier molecular flexibility index (Phi) is 8.67. The second-order valence-electron chi connectivity index (χ2n) is 8.10. The lowest BCUT2D eigenvalue weighted by Crippen LogP contribution is -2.49. The quantitative estimate of drug-likeness (QED) is 0.514. The van der Waals surface area contributed by atoms with E-state index in [2.05, 4.69) is 4.90 Å². The first-order valence-corrected chi connectivity index (χ1v) is 11.2. The third-order valence-electron chi connectivity index (χ3n) is 5.89. The van der Waals surface area contributed by atoms with Crippen LogP contribution >= 0.6 is 23.2 Å². The van der Waals surface area contributed by atoms with Crippen LogP contribution in [0.5, 0.6) is 11.5 Å². The normalized spacial score (nSPS) is 20.4. The SMILES string of the molecule is [B]CC(CCC(=O)O)C1CN(Cc2ccc(Oc3ccc(Cl)c(Cl)c3)cc2)CCC1N. The summed E-state index contributed by atoms with van der Waals surface area (Å²) in [5, 5.41) is 9.95. The van der Waals surface area contributed by atoms with Crippen LogP contribution in [0.15, 0.2) is 42.5 Å². The molecule has 8 heteroatoms. The fourth-order valence-electron chi connectivity index (χ4n) is 4.13. The van der Waals surface area contributed by atoms with Crippen molar-refractivity contribution in [3.63, 3.8) is 0 Å². The van der Waals surface area contributed by atoms with Gasteiger partial charge >= 0.3 is 5.97 Å². The van der Waals surface area contributed by atoms with Gasteiger partial charge < -0.3 is 15.6 Å². The van der Waals surface area contributed by atoms with Crippen LogP contribution in [0.1, 0.15) is 24.8 Å². The van der Waals surface area contributed by atoms with Crippen molar-refractivity contribution in [3.05, 3.63) is 58.1 Å². The molecular formula is C23H27BCl2N2O3. The second-order valence-corrected chi connectivity index (χ2v) is 8.92. The smallest absolute Gasteiger partial charge is 0.303 e. The highest BCUT2D eigenvalue weighted by molar-refractivity contribution is 6.42. The molecule has 0 aromatic heterocycles. The largest absolute Gasteiger partial charge is 0.481 e. The number of likely N-dealkylation sites (tertiary alicyclic amines) is 1. The molecule has 0 amide bonds. The summed E-state index contributed by atoms with van der Waals surface area (Å²) in [6.45, 7) is 2.53. The Hall–Kier alpha value is -1.73. The zero-order valence-corrected chi connectivity index (χ0v) is 18.9. The fourth-order valence-corrected chi connectivity index (χ4v) is 4.41. The minimum Gasteiger partial charge on any atom is -0.481 e.